The van der Waals surface area contributed by atoms with Gasteiger partial charge in [0.05, 0.1) is 6.54 Å². The van der Waals surface area contributed by atoms with E-state index in [0.29, 0.717) is 6.61 Å². The van der Waals surface area contributed by atoms with Crippen molar-refractivity contribution in [2.24, 2.45) is 0 Å². The summed E-state index contributed by atoms with van der Waals surface area (Å²) in [4.78, 5) is 8.28. The lowest BCUT2D eigenvalue weighted by Gasteiger charge is -2.31. The third-order valence-corrected chi connectivity index (χ3v) is 6.58. The highest BCUT2D eigenvalue weighted by Gasteiger charge is 2.23. The Balaban J connectivity index is 1.57. The lowest BCUT2D eigenvalue weighted by Crippen LogP contribution is -2.29. The molecular formula is C21H27N3OS. The monoisotopic (exact) mass is 369 g/mol. The highest BCUT2D eigenvalue weighted by Crippen LogP contribution is 2.40. The van der Waals surface area contributed by atoms with Gasteiger partial charge in [0.15, 0.2) is 11.6 Å². The molecule has 0 atom stereocenters. The third kappa shape index (κ3) is 3.63. The summed E-state index contributed by atoms with van der Waals surface area (Å²) in [6.07, 6.45) is 8.79. The van der Waals surface area contributed by atoms with E-state index in [-0.39, 0.29) is 0 Å². The fraction of sp³-hybridized carbons (Fsp3) is 0.476. The first kappa shape index (κ1) is 17.5. The van der Waals surface area contributed by atoms with Gasteiger partial charge in [-0.15, -0.1) is 11.8 Å². The van der Waals surface area contributed by atoms with Crippen LogP contribution in [0.25, 0.3) is 0 Å². The molecule has 0 unspecified atom stereocenters. The highest BCUT2D eigenvalue weighted by atomic mass is 32.2. The Kier molecular flexibility index (Phi) is 5.25. The van der Waals surface area contributed by atoms with Crippen LogP contribution in [0.1, 0.15) is 37.7 Å². The molecule has 5 heteroatoms. The Bertz CT molecular complexity index is 774. The van der Waals surface area contributed by atoms with Gasteiger partial charge >= 0.3 is 0 Å². The SMILES string of the molecule is CNc1ccc(N2CCOc3cc(SC4CCCCC4)cnc32)cc1C. The van der Waals surface area contributed by atoms with Crippen LogP contribution in [0.15, 0.2) is 35.4 Å². The summed E-state index contributed by atoms with van der Waals surface area (Å²) in [6.45, 7) is 3.65. The van der Waals surface area contributed by atoms with Gasteiger partial charge in [0.1, 0.15) is 6.61 Å². The van der Waals surface area contributed by atoms with Crippen LogP contribution in [0.5, 0.6) is 5.75 Å². The molecule has 1 saturated carbocycles. The van der Waals surface area contributed by atoms with E-state index in [1.165, 1.54) is 48.3 Å². The summed E-state index contributed by atoms with van der Waals surface area (Å²) >= 11 is 1.97. The Hall–Kier alpha value is -1.88. The summed E-state index contributed by atoms with van der Waals surface area (Å²) < 4.78 is 5.95. The first-order valence-electron chi connectivity index (χ1n) is 9.60. The van der Waals surface area contributed by atoms with Gasteiger partial charge in [0.25, 0.3) is 0 Å². The molecular weight excluding hydrogens is 342 g/mol. The van der Waals surface area contributed by atoms with Crippen LogP contribution in [0.3, 0.4) is 0 Å². The number of aromatic nitrogens is 1. The van der Waals surface area contributed by atoms with Gasteiger partial charge in [-0.05, 0) is 49.6 Å². The van der Waals surface area contributed by atoms with E-state index in [1.807, 2.05) is 25.0 Å². The number of anilines is 3. The van der Waals surface area contributed by atoms with E-state index in [2.05, 4.69) is 41.4 Å². The Labute approximate surface area is 160 Å². The van der Waals surface area contributed by atoms with Crippen LogP contribution in [0.2, 0.25) is 0 Å². The number of nitrogens with one attached hydrogen (secondary N) is 1. The molecule has 2 aliphatic rings. The third-order valence-electron chi connectivity index (χ3n) is 5.28. The number of benzene rings is 1. The molecule has 1 aromatic carbocycles. The average Bonchev–Trinajstić information content (AvgIpc) is 2.68. The van der Waals surface area contributed by atoms with Crippen LogP contribution >= 0.6 is 11.8 Å². The normalized spacial score (nSPS) is 17.5. The molecule has 1 aliphatic carbocycles. The Morgan fingerprint density at radius 2 is 2.04 bits per heavy atom. The number of thioether (sulfide) groups is 1. The lowest BCUT2D eigenvalue weighted by molar-refractivity contribution is 0.311. The number of fused-ring (bicyclic) bond motifs is 1. The summed E-state index contributed by atoms with van der Waals surface area (Å²) in [6, 6.07) is 8.68. The maximum absolute atomic E-state index is 5.95. The van der Waals surface area contributed by atoms with E-state index in [1.54, 1.807) is 0 Å². The smallest absolute Gasteiger partial charge is 0.176 e. The van der Waals surface area contributed by atoms with E-state index < -0.39 is 0 Å². The van der Waals surface area contributed by atoms with E-state index in [0.717, 1.165) is 29.0 Å². The zero-order chi connectivity index (χ0) is 17.9. The molecule has 4 rings (SSSR count). The molecule has 2 aromatic rings. The molecule has 1 aliphatic heterocycles. The van der Waals surface area contributed by atoms with Crippen LogP contribution in [0.4, 0.5) is 17.2 Å². The number of rotatable bonds is 4. The number of nitrogens with zero attached hydrogens (tertiary/aromatic N) is 2. The molecule has 1 fully saturated rings. The predicted molar refractivity (Wildman–Crippen MR) is 110 cm³/mol. The number of ether oxygens (including phenoxy) is 1. The molecule has 0 amide bonds. The van der Waals surface area contributed by atoms with Crippen molar-refractivity contribution >= 4 is 29.0 Å². The standard InChI is InChI=1S/C21H27N3OS/c1-15-12-16(8-9-19(15)22-2)24-10-11-25-20-13-18(14-23-21(20)24)26-17-6-4-3-5-7-17/h8-9,12-14,17,22H,3-7,10-11H2,1-2H3. The van der Waals surface area contributed by atoms with Crippen molar-refractivity contribution < 1.29 is 4.74 Å². The Morgan fingerprint density at radius 3 is 2.81 bits per heavy atom. The topological polar surface area (TPSA) is 37.4 Å². The minimum absolute atomic E-state index is 0.694. The van der Waals surface area contributed by atoms with E-state index in [9.17, 15) is 0 Å². The largest absolute Gasteiger partial charge is 0.488 e. The maximum atomic E-state index is 5.95. The van der Waals surface area contributed by atoms with Crippen molar-refractivity contribution in [3.05, 3.63) is 36.0 Å². The summed E-state index contributed by atoms with van der Waals surface area (Å²) in [5.41, 5.74) is 3.57. The van der Waals surface area contributed by atoms with Gasteiger partial charge in [-0.2, -0.15) is 0 Å². The van der Waals surface area contributed by atoms with Crippen LogP contribution < -0.4 is 15.0 Å². The van der Waals surface area contributed by atoms with Crippen molar-refractivity contribution in [2.75, 3.05) is 30.4 Å². The van der Waals surface area contributed by atoms with Crippen molar-refractivity contribution in [3.8, 4) is 5.75 Å². The summed E-state index contributed by atoms with van der Waals surface area (Å²) in [7, 11) is 1.96. The molecule has 2 heterocycles. The summed E-state index contributed by atoms with van der Waals surface area (Å²) in [5, 5.41) is 3.97. The number of hydrogen-bond donors (Lipinski definition) is 1. The van der Waals surface area contributed by atoms with Gasteiger partial charge in [-0.25, -0.2) is 4.98 Å². The van der Waals surface area contributed by atoms with Gasteiger partial charge in [0, 0.05) is 34.8 Å². The Morgan fingerprint density at radius 1 is 1.19 bits per heavy atom. The lowest BCUT2D eigenvalue weighted by atomic mass is 10.0. The molecule has 26 heavy (non-hydrogen) atoms. The van der Waals surface area contributed by atoms with Crippen molar-refractivity contribution in [3.63, 3.8) is 0 Å². The average molecular weight is 370 g/mol. The fourth-order valence-corrected chi connectivity index (χ4v) is 5.11. The molecule has 1 N–H and O–H groups in total. The second-order valence-corrected chi connectivity index (χ2v) is 8.49. The molecule has 0 bridgehead atoms. The molecule has 4 nitrogen and oxygen atoms in total. The molecule has 0 saturated heterocycles. The first-order chi connectivity index (χ1) is 12.7. The maximum Gasteiger partial charge on any atom is 0.176 e. The van der Waals surface area contributed by atoms with E-state index >= 15 is 0 Å². The van der Waals surface area contributed by atoms with Crippen molar-refractivity contribution in [1.82, 2.24) is 4.98 Å². The molecule has 0 spiro atoms. The predicted octanol–water partition coefficient (Wildman–Crippen LogP) is 5.39. The number of aryl methyl sites for hydroxylation is 1. The van der Waals surface area contributed by atoms with Gasteiger partial charge in [-0.1, -0.05) is 19.3 Å². The van der Waals surface area contributed by atoms with Gasteiger partial charge in [0.2, 0.25) is 0 Å². The fourth-order valence-electron chi connectivity index (χ4n) is 3.87. The van der Waals surface area contributed by atoms with Gasteiger partial charge in [-0.3, -0.25) is 0 Å². The van der Waals surface area contributed by atoms with Crippen molar-refractivity contribution in [2.45, 2.75) is 49.2 Å². The molecule has 0 radical (unpaired) electrons. The first-order valence-corrected chi connectivity index (χ1v) is 10.5. The number of hydrogen-bond acceptors (Lipinski definition) is 5. The van der Waals surface area contributed by atoms with Gasteiger partial charge < -0.3 is 15.0 Å². The quantitative estimate of drug-likeness (QED) is 0.782. The zero-order valence-electron chi connectivity index (χ0n) is 15.6. The second-order valence-electron chi connectivity index (χ2n) is 7.12. The van der Waals surface area contributed by atoms with Crippen LogP contribution in [0, 0.1) is 6.92 Å². The van der Waals surface area contributed by atoms with Crippen molar-refractivity contribution in [1.29, 1.82) is 0 Å². The minimum Gasteiger partial charge on any atom is -0.488 e. The highest BCUT2D eigenvalue weighted by molar-refractivity contribution is 8.00. The molecule has 1 aromatic heterocycles. The molecule has 138 valence electrons. The zero-order valence-corrected chi connectivity index (χ0v) is 16.4. The minimum atomic E-state index is 0.694. The van der Waals surface area contributed by atoms with Crippen LogP contribution in [-0.4, -0.2) is 30.4 Å². The van der Waals surface area contributed by atoms with Crippen LogP contribution in [-0.2, 0) is 0 Å². The summed E-state index contributed by atoms with van der Waals surface area (Å²) in [5.74, 6) is 1.84. The van der Waals surface area contributed by atoms with E-state index in [4.69, 9.17) is 9.72 Å². The number of pyridine rings is 1. The second kappa shape index (κ2) is 7.78.